The van der Waals surface area contributed by atoms with E-state index in [0.717, 1.165) is 24.4 Å². The van der Waals surface area contributed by atoms with Crippen LogP contribution in [0.5, 0.6) is 0 Å². The molecule has 0 amide bonds. The molecule has 1 fully saturated rings. The highest BCUT2D eigenvalue weighted by atomic mass is 16.6. The van der Waals surface area contributed by atoms with Gasteiger partial charge >= 0.3 is 7.12 Å². The Balaban J connectivity index is 2.18. The summed E-state index contributed by atoms with van der Waals surface area (Å²) in [6.07, 6.45) is 0. The van der Waals surface area contributed by atoms with Gasteiger partial charge in [0.1, 0.15) is 0 Å². The average molecular weight is 233 g/mol. The molecule has 0 aliphatic carbocycles. The monoisotopic (exact) mass is 233 g/mol. The van der Waals surface area contributed by atoms with Gasteiger partial charge < -0.3 is 14.2 Å². The van der Waals surface area contributed by atoms with Crippen molar-refractivity contribution in [2.24, 2.45) is 5.41 Å². The summed E-state index contributed by atoms with van der Waals surface area (Å²) in [6, 6.07) is 8.21. The summed E-state index contributed by atoms with van der Waals surface area (Å²) in [6.45, 7) is 5.78. The van der Waals surface area contributed by atoms with E-state index in [4.69, 9.17) is 9.31 Å². The molecule has 1 aliphatic rings. The van der Waals surface area contributed by atoms with E-state index in [9.17, 15) is 0 Å². The lowest BCUT2D eigenvalue weighted by atomic mass is 9.74. The third-order valence-electron chi connectivity index (χ3n) is 2.92. The first-order valence-corrected chi connectivity index (χ1v) is 5.99. The highest BCUT2D eigenvalue weighted by molar-refractivity contribution is 6.63. The predicted octanol–water partition coefficient (Wildman–Crippen LogP) is 1.52. The summed E-state index contributed by atoms with van der Waals surface area (Å²) >= 11 is 0. The normalized spacial score (nSPS) is 19.2. The van der Waals surface area contributed by atoms with Crippen molar-refractivity contribution in [1.82, 2.24) is 0 Å². The Morgan fingerprint density at radius 1 is 1.12 bits per heavy atom. The van der Waals surface area contributed by atoms with Crippen LogP contribution in [0.25, 0.3) is 0 Å². The molecule has 3 nitrogen and oxygen atoms in total. The molecule has 0 bridgehead atoms. The number of benzene rings is 1. The van der Waals surface area contributed by atoms with E-state index >= 15 is 0 Å². The third-order valence-corrected chi connectivity index (χ3v) is 2.92. The Bertz CT molecular complexity index is 383. The number of hydrogen-bond acceptors (Lipinski definition) is 3. The smallest absolute Gasteiger partial charge is 0.407 e. The summed E-state index contributed by atoms with van der Waals surface area (Å²) < 4.78 is 11.6. The largest absolute Gasteiger partial charge is 0.496 e. The first-order chi connectivity index (χ1) is 7.99. The number of hydrogen-bond donors (Lipinski definition) is 0. The van der Waals surface area contributed by atoms with E-state index in [-0.39, 0.29) is 12.5 Å². The maximum absolute atomic E-state index is 5.82. The molecular weight excluding hydrogens is 213 g/mol. The average Bonchev–Trinajstić information content (AvgIpc) is 2.29. The molecule has 1 aromatic rings. The van der Waals surface area contributed by atoms with Gasteiger partial charge in [0.25, 0.3) is 0 Å². The van der Waals surface area contributed by atoms with Crippen molar-refractivity contribution in [3.05, 3.63) is 24.3 Å². The van der Waals surface area contributed by atoms with Crippen molar-refractivity contribution in [3.63, 3.8) is 0 Å². The summed E-state index contributed by atoms with van der Waals surface area (Å²) in [4.78, 5) is 2.09. The Morgan fingerprint density at radius 3 is 2.29 bits per heavy atom. The van der Waals surface area contributed by atoms with Crippen molar-refractivity contribution in [3.8, 4) is 0 Å². The molecule has 0 unspecified atom stereocenters. The van der Waals surface area contributed by atoms with Gasteiger partial charge in [-0.2, -0.15) is 0 Å². The number of para-hydroxylation sites is 1. The van der Waals surface area contributed by atoms with Crippen LogP contribution in [0.15, 0.2) is 24.3 Å². The van der Waals surface area contributed by atoms with Gasteiger partial charge in [-0.25, -0.2) is 0 Å². The van der Waals surface area contributed by atoms with Gasteiger partial charge in [-0.15, -0.1) is 0 Å². The molecule has 1 aromatic carbocycles. The van der Waals surface area contributed by atoms with E-state index in [1.54, 1.807) is 0 Å². The minimum absolute atomic E-state index is 0.115. The SMILES string of the molecule is CN(C)c1ccccc1B1OCC(C)(C)CO1. The molecule has 2 rings (SSSR count). The molecule has 0 spiro atoms. The standard InChI is InChI=1S/C13H20BNO2/c1-13(2)9-16-14(17-10-13)11-7-5-6-8-12(11)15(3)4/h5-8H,9-10H2,1-4H3. The fourth-order valence-corrected chi connectivity index (χ4v) is 1.97. The van der Waals surface area contributed by atoms with E-state index in [2.05, 4.69) is 30.9 Å². The topological polar surface area (TPSA) is 21.7 Å². The first-order valence-electron chi connectivity index (χ1n) is 5.99. The van der Waals surface area contributed by atoms with E-state index in [1.807, 2.05) is 26.2 Å². The Morgan fingerprint density at radius 2 is 1.71 bits per heavy atom. The fourth-order valence-electron chi connectivity index (χ4n) is 1.97. The van der Waals surface area contributed by atoms with Crippen LogP contribution in [-0.2, 0) is 9.31 Å². The van der Waals surface area contributed by atoms with Gasteiger partial charge in [0.15, 0.2) is 0 Å². The molecule has 0 saturated carbocycles. The van der Waals surface area contributed by atoms with Gasteiger partial charge in [0, 0.05) is 43.9 Å². The van der Waals surface area contributed by atoms with Crippen LogP contribution in [0.1, 0.15) is 13.8 Å². The number of rotatable bonds is 2. The molecule has 0 aromatic heterocycles. The van der Waals surface area contributed by atoms with Gasteiger partial charge in [0.05, 0.1) is 0 Å². The lowest BCUT2D eigenvalue weighted by Gasteiger charge is -2.34. The lowest BCUT2D eigenvalue weighted by molar-refractivity contribution is 0.0343. The van der Waals surface area contributed by atoms with Crippen molar-refractivity contribution >= 4 is 18.3 Å². The zero-order valence-corrected chi connectivity index (χ0v) is 11.1. The molecular formula is C13H20BNO2. The van der Waals surface area contributed by atoms with Crippen LogP contribution in [0.2, 0.25) is 0 Å². The Kier molecular flexibility index (Phi) is 3.45. The number of anilines is 1. The summed E-state index contributed by atoms with van der Waals surface area (Å²) in [7, 11) is 3.83. The van der Waals surface area contributed by atoms with Gasteiger partial charge in [0.2, 0.25) is 0 Å². The quantitative estimate of drug-likeness (QED) is 0.723. The van der Waals surface area contributed by atoms with Gasteiger partial charge in [-0.3, -0.25) is 0 Å². The zero-order chi connectivity index (χ0) is 12.5. The van der Waals surface area contributed by atoms with Crippen LogP contribution in [0, 0.1) is 5.41 Å². The molecule has 17 heavy (non-hydrogen) atoms. The fraction of sp³-hybridized carbons (Fsp3) is 0.538. The molecule has 0 atom stereocenters. The van der Waals surface area contributed by atoms with E-state index in [1.165, 1.54) is 0 Å². The van der Waals surface area contributed by atoms with Crippen LogP contribution in [0.4, 0.5) is 5.69 Å². The minimum Gasteiger partial charge on any atom is -0.407 e. The van der Waals surface area contributed by atoms with Gasteiger partial charge in [-0.1, -0.05) is 32.0 Å². The van der Waals surface area contributed by atoms with Crippen LogP contribution in [0.3, 0.4) is 0 Å². The second-order valence-electron chi connectivity index (χ2n) is 5.57. The molecule has 0 N–H and O–H groups in total. The maximum atomic E-state index is 5.82. The molecule has 92 valence electrons. The van der Waals surface area contributed by atoms with Gasteiger partial charge in [-0.05, 0) is 6.07 Å². The molecule has 1 aliphatic heterocycles. The van der Waals surface area contributed by atoms with Crippen LogP contribution in [-0.4, -0.2) is 34.4 Å². The third kappa shape index (κ3) is 2.82. The van der Waals surface area contributed by atoms with Crippen molar-refractivity contribution in [1.29, 1.82) is 0 Å². The predicted molar refractivity (Wildman–Crippen MR) is 71.8 cm³/mol. The van der Waals surface area contributed by atoms with E-state index < -0.39 is 0 Å². The van der Waals surface area contributed by atoms with Crippen LogP contribution < -0.4 is 10.4 Å². The molecule has 1 heterocycles. The minimum atomic E-state index is -0.235. The Hall–Kier alpha value is -0.995. The maximum Gasteiger partial charge on any atom is 0.496 e. The highest BCUT2D eigenvalue weighted by Crippen LogP contribution is 2.22. The Labute approximate surface area is 104 Å². The molecule has 0 radical (unpaired) electrons. The van der Waals surface area contributed by atoms with Crippen molar-refractivity contribution in [2.75, 3.05) is 32.2 Å². The van der Waals surface area contributed by atoms with Crippen molar-refractivity contribution in [2.45, 2.75) is 13.8 Å². The first kappa shape index (κ1) is 12.5. The highest BCUT2D eigenvalue weighted by Gasteiger charge is 2.34. The lowest BCUT2D eigenvalue weighted by Crippen LogP contribution is -2.48. The summed E-state index contributed by atoms with van der Waals surface area (Å²) in [5, 5.41) is 0. The van der Waals surface area contributed by atoms with Crippen molar-refractivity contribution < 1.29 is 9.31 Å². The summed E-state index contributed by atoms with van der Waals surface area (Å²) in [5.41, 5.74) is 2.37. The summed E-state index contributed by atoms with van der Waals surface area (Å²) in [5.74, 6) is 0. The molecule has 1 saturated heterocycles. The molecule has 4 heteroatoms. The zero-order valence-electron chi connectivity index (χ0n) is 11.1. The number of nitrogens with zero attached hydrogens (tertiary/aromatic N) is 1. The second kappa shape index (κ2) is 4.71. The van der Waals surface area contributed by atoms with E-state index in [0.29, 0.717) is 0 Å². The second-order valence-corrected chi connectivity index (χ2v) is 5.57. The van der Waals surface area contributed by atoms with Crippen LogP contribution >= 0.6 is 0 Å².